The molecule has 100 valence electrons. The second-order valence-corrected chi connectivity index (χ2v) is 4.71. The maximum absolute atomic E-state index is 5.38. The highest BCUT2D eigenvalue weighted by Crippen LogP contribution is 2.32. The lowest BCUT2D eigenvalue weighted by molar-refractivity contribution is 0.174. The van der Waals surface area contributed by atoms with Crippen LogP contribution in [0.3, 0.4) is 0 Å². The molecule has 0 aliphatic carbocycles. The third-order valence-electron chi connectivity index (χ3n) is 3.42. The number of rotatable bonds is 3. The van der Waals surface area contributed by atoms with E-state index < -0.39 is 0 Å². The van der Waals surface area contributed by atoms with Crippen LogP contribution in [0.1, 0.15) is 17.0 Å². The van der Waals surface area contributed by atoms with Crippen molar-refractivity contribution in [2.45, 2.75) is 20.4 Å². The van der Waals surface area contributed by atoms with Crippen LogP contribution in [-0.4, -0.2) is 16.6 Å². The van der Waals surface area contributed by atoms with Crippen molar-refractivity contribution in [1.82, 2.24) is 9.78 Å². The smallest absolute Gasteiger partial charge is 0.231 e. The molecule has 1 aromatic carbocycles. The van der Waals surface area contributed by atoms with E-state index in [4.69, 9.17) is 9.47 Å². The maximum Gasteiger partial charge on any atom is 0.231 e. The summed E-state index contributed by atoms with van der Waals surface area (Å²) in [5.74, 6) is 1.64. The van der Waals surface area contributed by atoms with E-state index in [1.165, 1.54) is 0 Å². The summed E-state index contributed by atoms with van der Waals surface area (Å²) in [5, 5.41) is 7.82. The zero-order chi connectivity index (χ0) is 13.4. The monoisotopic (exact) mass is 259 g/mol. The first kappa shape index (κ1) is 11.9. The first-order chi connectivity index (χ1) is 9.15. The topological polar surface area (TPSA) is 48.3 Å². The van der Waals surface area contributed by atoms with Gasteiger partial charge < -0.3 is 14.8 Å². The number of aromatic nitrogens is 2. The van der Waals surface area contributed by atoms with Crippen molar-refractivity contribution in [3.8, 4) is 11.5 Å². The Kier molecular flexibility index (Phi) is 2.81. The van der Waals surface area contributed by atoms with Gasteiger partial charge in [-0.25, -0.2) is 0 Å². The molecule has 0 fully saturated rings. The number of benzene rings is 1. The predicted molar refractivity (Wildman–Crippen MR) is 72.6 cm³/mol. The van der Waals surface area contributed by atoms with Crippen molar-refractivity contribution < 1.29 is 9.47 Å². The molecule has 0 radical (unpaired) electrons. The van der Waals surface area contributed by atoms with Crippen molar-refractivity contribution in [3.05, 3.63) is 35.2 Å². The molecular weight excluding hydrogens is 242 g/mol. The number of anilines is 1. The van der Waals surface area contributed by atoms with Crippen molar-refractivity contribution in [1.29, 1.82) is 0 Å². The van der Waals surface area contributed by atoms with E-state index in [1.807, 2.05) is 36.9 Å². The fourth-order valence-corrected chi connectivity index (χ4v) is 2.27. The molecule has 5 nitrogen and oxygen atoms in total. The Morgan fingerprint density at radius 3 is 2.79 bits per heavy atom. The summed E-state index contributed by atoms with van der Waals surface area (Å²) in [6, 6.07) is 6.00. The van der Waals surface area contributed by atoms with Gasteiger partial charge in [0.2, 0.25) is 6.79 Å². The normalized spacial score (nSPS) is 12.8. The Morgan fingerprint density at radius 2 is 2.05 bits per heavy atom. The number of aryl methyl sites for hydroxylation is 2. The minimum absolute atomic E-state index is 0.313. The molecule has 1 aliphatic rings. The van der Waals surface area contributed by atoms with E-state index in [0.29, 0.717) is 6.79 Å². The predicted octanol–water partition coefficient (Wildman–Crippen LogP) is 2.38. The lowest BCUT2D eigenvalue weighted by Gasteiger charge is -2.07. The zero-order valence-electron chi connectivity index (χ0n) is 11.4. The van der Waals surface area contributed by atoms with Gasteiger partial charge in [0.15, 0.2) is 11.5 Å². The molecule has 1 aromatic heterocycles. The quantitative estimate of drug-likeness (QED) is 0.919. The third kappa shape index (κ3) is 2.12. The van der Waals surface area contributed by atoms with Crippen LogP contribution < -0.4 is 14.8 Å². The second kappa shape index (κ2) is 4.50. The number of ether oxygens (including phenoxy) is 2. The summed E-state index contributed by atoms with van der Waals surface area (Å²) in [6.07, 6.45) is 0. The molecule has 0 saturated carbocycles. The number of nitrogens with one attached hydrogen (secondary N) is 1. The van der Waals surface area contributed by atoms with E-state index in [9.17, 15) is 0 Å². The lowest BCUT2D eigenvalue weighted by atomic mass is 10.2. The van der Waals surface area contributed by atoms with Crippen LogP contribution in [0.5, 0.6) is 11.5 Å². The second-order valence-electron chi connectivity index (χ2n) is 4.71. The van der Waals surface area contributed by atoms with E-state index in [1.54, 1.807) is 0 Å². The zero-order valence-corrected chi connectivity index (χ0v) is 11.4. The summed E-state index contributed by atoms with van der Waals surface area (Å²) < 4.78 is 12.6. The summed E-state index contributed by atoms with van der Waals surface area (Å²) in [7, 11) is 1.95. The van der Waals surface area contributed by atoms with E-state index in [2.05, 4.69) is 17.3 Å². The van der Waals surface area contributed by atoms with Crippen molar-refractivity contribution in [2.75, 3.05) is 12.1 Å². The Balaban J connectivity index is 1.76. The fourth-order valence-electron chi connectivity index (χ4n) is 2.27. The van der Waals surface area contributed by atoms with Gasteiger partial charge in [-0.2, -0.15) is 5.10 Å². The Labute approximate surface area is 112 Å². The lowest BCUT2D eigenvalue weighted by Crippen LogP contribution is -2.01. The molecular formula is C14H17N3O2. The Bertz CT molecular complexity index is 619. The van der Waals surface area contributed by atoms with E-state index in [-0.39, 0.29) is 0 Å². The van der Waals surface area contributed by atoms with Crippen LogP contribution in [0.25, 0.3) is 0 Å². The molecule has 0 spiro atoms. The molecule has 3 rings (SSSR count). The number of nitrogens with zero attached hydrogens (tertiary/aromatic N) is 2. The van der Waals surface area contributed by atoms with Gasteiger partial charge in [0.25, 0.3) is 0 Å². The van der Waals surface area contributed by atoms with Gasteiger partial charge in [0, 0.05) is 13.6 Å². The van der Waals surface area contributed by atoms with Crippen LogP contribution in [0.2, 0.25) is 0 Å². The Morgan fingerprint density at radius 1 is 1.26 bits per heavy atom. The average Bonchev–Trinajstić information content (AvgIpc) is 2.94. The number of hydrogen-bond donors (Lipinski definition) is 1. The van der Waals surface area contributed by atoms with Gasteiger partial charge in [-0.15, -0.1) is 0 Å². The largest absolute Gasteiger partial charge is 0.454 e. The van der Waals surface area contributed by atoms with Crippen LogP contribution >= 0.6 is 0 Å². The molecule has 0 amide bonds. The molecule has 0 bridgehead atoms. The van der Waals surface area contributed by atoms with Gasteiger partial charge in [0.05, 0.1) is 17.1 Å². The molecule has 0 unspecified atom stereocenters. The third-order valence-corrected chi connectivity index (χ3v) is 3.42. The molecule has 1 N–H and O–H groups in total. The van der Waals surface area contributed by atoms with E-state index in [0.717, 1.165) is 40.7 Å². The molecule has 2 heterocycles. The highest BCUT2D eigenvalue weighted by Gasteiger charge is 2.14. The molecule has 2 aromatic rings. The first-order valence-corrected chi connectivity index (χ1v) is 6.28. The molecule has 0 saturated heterocycles. The fraction of sp³-hybridized carbons (Fsp3) is 0.357. The van der Waals surface area contributed by atoms with Crippen molar-refractivity contribution in [2.24, 2.45) is 7.05 Å². The van der Waals surface area contributed by atoms with Crippen molar-refractivity contribution >= 4 is 5.69 Å². The van der Waals surface area contributed by atoms with Gasteiger partial charge in [-0.3, -0.25) is 4.68 Å². The molecule has 19 heavy (non-hydrogen) atoms. The number of hydrogen-bond acceptors (Lipinski definition) is 4. The molecule has 1 aliphatic heterocycles. The minimum Gasteiger partial charge on any atom is -0.454 e. The highest BCUT2D eigenvalue weighted by molar-refractivity contribution is 5.53. The van der Waals surface area contributed by atoms with Gasteiger partial charge >= 0.3 is 0 Å². The van der Waals surface area contributed by atoms with E-state index >= 15 is 0 Å². The summed E-state index contributed by atoms with van der Waals surface area (Å²) in [5.41, 5.74) is 4.41. The first-order valence-electron chi connectivity index (χ1n) is 6.28. The van der Waals surface area contributed by atoms with Crippen LogP contribution in [0, 0.1) is 13.8 Å². The van der Waals surface area contributed by atoms with Gasteiger partial charge in [-0.05, 0) is 31.5 Å². The highest BCUT2D eigenvalue weighted by atomic mass is 16.7. The standard InChI is InChI=1S/C14H17N3O2/c1-9-14(10(2)17(3)16-9)15-7-11-4-5-12-13(6-11)19-8-18-12/h4-6,15H,7-8H2,1-3H3. The molecule has 5 heteroatoms. The van der Waals surface area contributed by atoms with Gasteiger partial charge in [-0.1, -0.05) is 6.07 Å². The SMILES string of the molecule is Cc1nn(C)c(C)c1NCc1ccc2c(c1)OCO2. The molecule has 0 atom stereocenters. The minimum atomic E-state index is 0.313. The summed E-state index contributed by atoms with van der Waals surface area (Å²) in [4.78, 5) is 0. The van der Waals surface area contributed by atoms with Crippen LogP contribution in [0.15, 0.2) is 18.2 Å². The number of fused-ring (bicyclic) bond motifs is 1. The van der Waals surface area contributed by atoms with Crippen LogP contribution in [-0.2, 0) is 13.6 Å². The maximum atomic E-state index is 5.38. The van der Waals surface area contributed by atoms with Crippen LogP contribution in [0.4, 0.5) is 5.69 Å². The van der Waals surface area contributed by atoms with Gasteiger partial charge in [0.1, 0.15) is 0 Å². The Hall–Kier alpha value is -2.17. The summed E-state index contributed by atoms with van der Waals surface area (Å²) >= 11 is 0. The van der Waals surface area contributed by atoms with Crippen molar-refractivity contribution in [3.63, 3.8) is 0 Å². The summed E-state index contributed by atoms with van der Waals surface area (Å²) in [6.45, 7) is 5.12. The average molecular weight is 259 g/mol.